The van der Waals surface area contributed by atoms with Crippen LogP contribution in [-0.2, 0) is 6.54 Å². The predicted molar refractivity (Wildman–Crippen MR) is 163 cm³/mol. The van der Waals surface area contributed by atoms with Gasteiger partial charge in [0.25, 0.3) is 5.91 Å². The van der Waals surface area contributed by atoms with E-state index in [0.717, 1.165) is 69.8 Å². The van der Waals surface area contributed by atoms with Gasteiger partial charge in [0.15, 0.2) is 0 Å². The average Bonchev–Trinajstić information content (AvgIpc) is 3.42. The van der Waals surface area contributed by atoms with Crippen LogP contribution >= 0.6 is 0 Å². The van der Waals surface area contributed by atoms with Gasteiger partial charge in [-0.15, -0.1) is 0 Å². The third-order valence-corrected chi connectivity index (χ3v) is 11.0. The summed E-state index contributed by atoms with van der Waals surface area (Å²) in [6, 6.07) is 20.1. The molecule has 4 aromatic heterocycles. The van der Waals surface area contributed by atoms with Crippen LogP contribution in [0.4, 0.5) is 0 Å². The van der Waals surface area contributed by atoms with E-state index in [-0.39, 0.29) is 5.91 Å². The van der Waals surface area contributed by atoms with Crippen molar-refractivity contribution in [1.82, 2.24) is 29.3 Å². The van der Waals surface area contributed by atoms with E-state index in [4.69, 9.17) is 5.10 Å². The molecule has 42 heavy (non-hydrogen) atoms. The molecular formula is C35H32N6O. The number of aromatic nitrogens is 5. The summed E-state index contributed by atoms with van der Waals surface area (Å²) >= 11 is 0. The molecule has 4 atom stereocenters. The van der Waals surface area contributed by atoms with E-state index >= 15 is 0 Å². The Bertz CT molecular complexity index is 2090. The molecule has 0 spiro atoms. The first-order valence-corrected chi connectivity index (χ1v) is 15.5. The highest BCUT2D eigenvalue weighted by Crippen LogP contribution is 2.60. The lowest BCUT2D eigenvalue weighted by molar-refractivity contribution is -0.0204. The largest absolute Gasteiger partial charge is 0.339 e. The van der Waals surface area contributed by atoms with Crippen molar-refractivity contribution in [3.05, 3.63) is 78.1 Å². The lowest BCUT2D eigenvalue weighted by Gasteiger charge is -2.52. The van der Waals surface area contributed by atoms with Crippen molar-refractivity contribution in [3.63, 3.8) is 0 Å². The molecule has 0 bridgehead atoms. The van der Waals surface area contributed by atoms with Gasteiger partial charge in [-0.1, -0.05) is 24.3 Å². The Labute approximate surface area is 243 Å². The molecule has 1 saturated heterocycles. The average molecular weight is 553 g/mol. The normalized spacial score (nSPS) is 24.4. The highest BCUT2D eigenvalue weighted by Gasteiger charge is 2.61. The van der Waals surface area contributed by atoms with Crippen molar-refractivity contribution >= 4 is 33.2 Å². The van der Waals surface area contributed by atoms with Gasteiger partial charge in [0.05, 0.1) is 28.5 Å². The fraction of sp³-hybridized carbons (Fsp3) is 0.343. The summed E-state index contributed by atoms with van der Waals surface area (Å²) in [4.78, 5) is 15.7. The van der Waals surface area contributed by atoms with E-state index in [1.807, 2.05) is 23.0 Å². The maximum atomic E-state index is 13.6. The molecule has 7 heteroatoms. The number of fused-ring (bicyclic) bond motifs is 3. The lowest BCUT2D eigenvalue weighted by Crippen LogP contribution is -2.53. The van der Waals surface area contributed by atoms with Crippen molar-refractivity contribution in [2.75, 3.05) is 6.54 Å². The Morgan fingerprint density at radius 3 is 2.64 bits per heavy atom. The van der Waals surface area contributed by atoms with Crippen LogP contribution in [0.15, 0.2) is 67.0 Å². The zero-order chi connectivity index (χ0) is 27.7. The van der Waals surface area contributed by atoms with Crippen molar-refractivity contribution < 1.29 is 4.79 Å². The van der Waals surface area contributed by atoms with Gasteiger partial charge in [-0.3, -0.25) is 9.89 Å². The molecule has 6 aromatic rings. The fourth-order valence-electron chi connectivity index (χ4n) is 8.41. The van der Waals surface area contributed by atoms with Gasteiger partial charge < -0.3 is 9.47 Å². The first kappa shape index (κ1) is 23.2. The topological polar surface area (TPSA) is 71.2 Å². The number of benzene rings is 2. The van der Waals surface area contributed by atoms with Gasteiger partial charge in [-0.2, -0.15) is 10.2 Å². The van der Waals surface area contributed by atoms with E-state index in [9.17, 15) is 4.79 Å². The summed E-state index contributed by atoms with van der Waals surface area (Å²) in [5.74, 6) is 3.29. The van der Waals surface area contributed by atoms with Crippen LogP contribution < -0.4 is 0 Å². The first-order valence-electron chi connectivity index (χ1n) is 15.5. The SMILES string of the molecule is Cc1c(-c2cc3ccc(-c4ccc5cn[nH]c5c4)cc3n2CC2CC2)nn2cc(C(=O)N3CC4CC5CC3[C@H]54)ccc12. The number of aryl methyl sites for hydroxylation is 1. The second-order valence-corrected chi connectivity index (χ2v) is 13.3. The van der Waals surface area contributed by atoms with Crippen LogP contribution in [0.5, 0.6) is 0 Å². The second-order valence-electron chi connectivity index (χ2n) is 13.3. The molecule has 2 aromatic carbocycles. The smallest absolute Gasteiger partial charge is 0.255 e. The van der Waals surface area contributed by atoms with E-state index in [2.05, 4.69) is 75.1 Å². The van der Waals surface area contributed by atoms with Gasteiger partial charge >= 0.3 is 0 Å². The Morgan fingerprint density at radius 2 is 1.81 bits per heavy atom. The predicted octanol–water partition coefficient (Wildman–Crippen LogP) is 6.70. The zero-order valence-electron chi connectivity index (χ0n) is 23.6. The Morgan fingerprint density at radius 1 is 0.952 bits per heavy atom. The number of H-pyrrole nitrogens is 1. The van der Waals surface area contributed by atoms with Crippen molar-refractivity contribution in [2.24, 2.45) is 23.7 Å². The maximum absolute atomic E-state index is 13.6. The molecule has 3 aliphatic carbocycles. The van der Waals surface area contributed by atoms with Crippen LogP contribution in [0.25, 0.3) is 49.8 Å². The molecule has 4 aliphatic rings. The second kappa shape index (κ2) is 8.12. The number of nitrogens with one attached hydrogen (secondary N) is 1. The van der Waals surface area contributed by atoms with E-state index in [1.165, 1.54) is 47.7 Å². The third kappa shape index (κ3) is 3.19. The van der Waals surface area contributed by atoms with Gasteiger partial charge in [0.1, 0.15) is 5.69 Å². The Kier molecular flexibility index (Phi) is 4.49. The van der Waals surface area contributed by atoms with Gasteiger partial charge in [0, 0.05) is 47.2 Å². The van der Waals surface area contributed by atoms with Gasteiger partial charge in [0.2, 0.25) is 0 Å². The highest BCUT2D eigenvalue weighted by atomic mass is 16.2. The maximum Gasteiger partial charge on any atom is 0.255 e. The van der Waals surface area contributed by atoms with E-state index < -0.39 is 0 Å². The van der Waals surface area contributed by atoms with Crippen LogP contribution in [-0.4, -0.2) is 47.8 Å². The highest BCUT2D eigenvalue weighted by molar-refractivity contribution is 5.96. The van der Waals surface area contributed by atoms with Crippen molar-refractivity contribution in [2.45, 2.75) is 45.2 Å². The minimum Gasteiger partial charge on any atom is -0.339 e. The number of aromatic amines is 1. The Hall–Kier alpha value is -4.39. The standard InChI is InChI=1S/C35H32N6O/c1-19-29-9-8-25(35(42)40-17-27-10-26-14-31(40)33(26)27)18-41(29)38-34(19)32-13-23-6-4-22(12-30(23)39(32)16-20-2-3-20)21-5-7-24-15-36-37-28(24)11-21/h4-9,11-13,15,18,20,26-27,31,33H,2-3,10,14,16-17H2,1H3,(H,36,37)/t26?,27?,31?,33-/m1/s1. The minimum atomic E-state index is 0.174. The van der Waals surface area contributed by atoms with Crippen molar-refractivity contribution in [3.8, 4) is 22.5 Å². The Balaban J connectivity index is 1.06. The number of hydrogen-bond acceptors (Lipinski definition) is 3. The number of hydrogen-bond donors (Lipinski definition) is 1. The molecule has 0 radical (unpaired) electrons. The number of carbonyl (C=O) groups excluding carboxylic acids is 1. The van der Waals surface area contributed by atoms with E-state index in [0.29, 0.717) is 12.0 Å². The van der Waals surface area contributed by atoms with Crippen molar-refractivity contribution in [1.29, 1.82) is 0 Å². The molecular weight excluding hydrogens is 520 g/mol. The molecule has 1 N–H and O–H groups in total. The summed E-state index contributed by atoms with van der Waals surface area (Å²) in [6.45, 7) is 4.10. The molecule has 7 nitrogen and oxygen atoms in total. The third-order valence-electron chi connectivity index (χ3n) is 11.0. The molecule has 4 fully saturated rings. The number of carbonyl (C=O) groups is 1. The molecule has 10 rings (SSSR count). The summed E-state index contributed by atoms with van der Waals surface area (Å²) < 4.78 is 4.43. The zero-order valence-corrected chi connectivity index (χ0v) is 23.6. The monoisotopic (exact) mass is 552 g/mol. The molecule has 3 saturated carbocycles. The summed E-state index contributed by atoms with van der Waals surface area (Å²) in [6.07, 6.45) is 8.91. The molecule has 3 unspecified atom stereocenters. The van der Waals surface area contributed by atoms with Crippen LogP contribution in [0, 0.1) is 30.6 Å². The number of amides is 1. The first-order chi connectivity index (χ1) is 20.6. The van der Waals surface area contributed by atoms with E-state index in [1.54, 1.807) is 0 Å². The number of pyridine rings is 1. The number of nitrogens with zero attached hydrogens (tertiary/aromatic N) is 5. The quantitative estimate of drug-likeness (QED) is 0.259. The molecule has 1 aliphatic heterocycles. The summed E-state index contributed by atoms with van der Waals surface area (Å²) in [7, 11) is 0. The van der Waals surface area contributed by atoms with Gasteiger partial charge in [-0.25, -0.2) is 4.52 Å². The summed E-state index contributed by atoms with van der Waals surface area (Å²) in [5.41, 5.74) is 9.79. The van der Waals surface area contributed by atoms with Gasteiger partial charge in [-0.05, 0) is 97.7 Å². The fourth-order valence-corrected chi connectivity index (χ4v) is 8.41. The molecule has 208 valence electrons. The lowest BCUT2D eigenvalue weighted by atomic mass is 9.53. The molecule has 5 heterocycles. The minimum absolute atomic E-state index is 0.174. The number of likely N-dealkylation sites (tertiary alicyclic amines) is 1. The van der Waals surface area contributed by atoms with Crippen LogP contribution in [0.1, 0.15) is 41.6 Å². The number of rotatable bonds is 5. The summed E-state index contributed by atoms with van der Waals surface area (Å²) in [5, 5.41) is 14.8. The molecule has 1 amide bonds. The van der Waals surface area contributed by atoms with Crippen LogP contribution in [0.2, 0.25) is 0 Å². The van der Waals surface area contributed by atoms with Crippen LogP contribution in [0.3, 0.4) is 0 Å².